The Morgan fingerprint density at radius 3 is 2.38 bits per heavy atom. The summed E-state index contributed by atoms with van der Waals surface area (Å²) >= 11 is 0. The molecule has 0 saturated carbocycles. The topological polar surface area (TPSA) is 75.7 Å². The average molecular weight is 423 g/mol. The van der Waals surface area contributed by atoms with E-state index in [0.717, 1.165) is 36.2 Å². The third-order valence-corrected chi connectivity index (χ3v) is 5.62. The normalized spacial score (nSPS) is 12.5. The first kappa shape index (κ1) is 22.7. The van der Waals surface area contributed by atoms with Crippen molar-refractivity contribution in [3.8, 4) is 5.75 Å². The maximum atomic E-state index is 13.0. The Morgan fingerprint density at radius 2 is 1.79 bits per heavy atom. The minimum Gasteiger partial charge on any atom is -0.379 e. The molecule has 1 N–H and O–H groups in total. The fourth-order valence-electron chi connectivity index (χ4n) is 2.65. The smallest absolute Gasteiger partial charge is 0.339 e. The maximum absolute atomic E-state index is 13.0. The molecule has 0 fully saturated rings. The summed E-state index contributed by atoms with van der Waals surface area (Å²) in [6.45, 7) is 8.04. The van der Waals surface area contributed by atoms with E-state index in [1.54, 1.807) is 23.1 Å². The van der Waals surface area contributed by atoms with Crippen LogP contribution in [-0.2, 0) is 16.7 Å². The van der Waals surface area contributed by atoms with E-state index in [0.29, 0.717) is 6.54 Å². The van der Waals surface area contributed by atoms with Gasteiger partial charge in [-0.15, -0.1) is 0 Å². The molecule has 29 heavy (non-hydrogen) atoms. The Morgan fingerprint density at radius 1 is 1.14 bits per heavy atom. The zero-order valence-corrected chi connectivity index (χ0v) is 17.9. The summed E-state index contributed by atoms with van der Waals surface area (Å²) in [5.74, 6) is -0.407. The summed E-state index contributed by atoms with van der Waals surface area (Å²) in [6, 6.07) is 10.8. The van der Waals surface area contributed by atoms with Crippen molar-refractivity contribution in [2.24, 2.45) is 0 Å². The first-order valence-electron chi connectivity index (χ1n) is 9.48. The van der Waals surface area contributed by atoms with E-state index in [-0.39, 0.29) is 28.8 Å². The second-order valence-electron chi connectivity index (χ2n) is 7.13. The van der Waals surface area contributed by atoms with E-state index in [4.69, 9.17) is 4.18 Å². The molecule has 0 aliphatic rings. The highest BCUT2D eigenvalue weighted by atomic mass is 32.2. The van der Waals surface area contributed by atoms with Crippen LogP contribution >= 0.6 is 0 Å². The summed E-state index contributed by atoms with van der Waals surface area (Å²) < 4.78 is 43.1. The lowest BCUT2D eigenvalue weighted by atomic mass is 10.1. The van der Waals surface area contributed by atoms with Gasteiger partial charge in [0.15, 0.2) is 0 Å². The molecule has 0 aliphatic carbocycles. The molecule has 0 unspecified atom stereocenters. The number of nitrogens with zero attached hydrogens (tertiary/aromatic N) is 1. The highest BCUT2D eigenvalue weighted by Crippen LogP contribution is 2.22. The molecule has 0 saturated heterocycles. The second kappa shape index (κ2) is 9.73. The molecule has 0 radical (unpaired) electrons. The largest absolute Gasteiger partial charge is 0.379 e. The number of rotatable bonds is 8. The molecule has 6 nitrogen and oxygen atoms in total. The molecule has 0 spiro atoms. The zero-order chi connectivity index (χ0) is 21.6. The number of hydrogen-bond acceptors (Lipinski definition) is 4. The predicted octanol–water partition coefficient (Wildman–Crippen LogP) is 4.31. The minimum atomic E-state index is -4.09. The third kappa shape index (κ3) is 6.45. The maximum Gasteiger partial charge on any atom is 0.339 e. The number of amides is 2. The fourth-order valence-corrected chi connectivity index (χ4v) is 3.57. The molecule has 0 bridgehead atoms. The standard InChI is InChI=1S/C21H27FN2O4S/c1-5-16(4)24(21(25)23-15(2)3)14-17-7-6-8-19(13-17)28-29(26,27)20-11-9-18(22)10-12-20/h6-13,15-16H,5,14H2,1-4H3,(H,23,25)/t16-/m1/s1. The number of carbonyl (C=O) groups is 1. The molecule has 8 heteroatoms. The van der Waals surface area contributed by atoms with Crippen LogP contribution in [-0.4, -0.2) is 31.4 Å². The first-order valence-corrected chi connectivity index (χ1v) is 10.9. The van der Waals surface area contributed by atoms with Gasteiger partial charge >= 0.3 is 16.1 Å². The van der Waals surface area contributed by atoms with E-state index in [1.807, 2.05) is 27.7 Å². The number of carbonyl (C=O) groups excluding carboxylic acids is 1. The molecular formula is C21H27FN2O4S. The third-order valence-electron chi connectivity index (χ3n) is 4.36. The molecule has 2 aromatic rings. The summed E-state index contributed by atoms with van der Waals surface area (Å²) in [5, 5.41) is 2.89. The van der Waals surface area contributed by atoms with E-state index >= 15 is 0 Å². The van der Waals surface area contributed by atoms with Crippen molar-refractivity contribution in [3.63, 3.8) is 0 Å². The monoisotopic (exact) mass is 422 g/mol. The highest BCUT2D eigenvalue weighted by molar-refractivity contribution is 7.87. The van der Waals surface area contributed by atoms with Gasteiger partial charge in [-0.2, -0.15) is 8.42 Å². The molecule has 0 aromatic heterocycles. The summed E-state index contributed by atoms with van der Waals surface area (Å²) in [5.41, 5.74) is 0.732. The SMILES string of the molecule is CC[C@@H](C)N(Cc1cccc(OS(=O)(=O)c2ccc(F)cc2)c1)C(=O)NC(C)C. The minimum absolute atomic E-state index is 0.00118. The van der Waals surface area contributed by atoms with Gasteiger partial charge in [-0.1, -0.05) is 19.1 Å². The molecule has 1 atom stereocenters. The van der Waals surface area contributed by atoms with Crippen molar-refractivity contribution in [1.29, 1.82) is 0 Å². The Labute approximate surface area is 171 Å². The Hall–Kier alpha value is -2.61. The highest BCUT2D eigenvalue weighted by Gasteiger charge is 2.21. The molecular weight excluding hydrogens is 395 g/mol. The van der Waals surface area contributed by atoms with Gasteiger partial charge in [-0.3, -0.25) is 0 Å². The Bertz CT molecular complexity index is 930. The molecule has 2 amide bonds. The molecule has 0 heterocycles. The lowest BCUT2D eigenvalue weighted by Crippen LogP contribution is -2.46. The predicted molar refractivity (Wildman–Crippen MR) is 110 cm³/mol. The van der Waals surface area contributed by atoms with Crippen LogP contribution in [0.1, 0.15) is 39.7 Å². The summed E-state index contributed by atoms with van der Waals surface area (Å²) in [6.07, 6.45) is 0.778. The van der Waals surface area contributed by atoms with E-state index in [9.17, 15) is 17.6 Å². The van der Waals surface area contributed by atoms with Gasteiger partial charge in [-0.05, 0) is 69.2 Å². The van der Waals surface area contributed by atoms with Gasteiger partial charge in [0.2, 0.25) is 0 Å². The van der Waals surface area contributed by atoms with Crippen LogP contribution < -0.4 is 9.50 Å². The number of urea groups is 1. The van der Waals surface area contributed by atoms with Gasteiger partial charge in [0, 0.05) is 18.6 Å². The lowest BCUT2D eigenvalue weighted by molar-refractivity contribution is 0.171. The van der Waals surface area contributed by atoms with Crippen LogP contribution in [0.15, 0.2) is 53.4 Å². The second-order valence-corrected chi connectivity index (χ2v) is 8.67. The molecule has 2 rings (SSSR count). The van der Waals surface area contributed by atoms with Crippen LogP contribution in [0, 0.1) is 5.82 Å². The van der Waals surface area contributed by atoms with Gasteiger partial charge in [0.25, 0.3) is 0 Å². The van der Waals surface area contributed by atoms with E-state index in [1.165, 1.54) is 6.07 Å². The molecule has 158 valence electrons. The number of benzene rings is 2. The van der Waals surface area contributed by atoms with Crippen LogP contribution in [0.2, 0.25) is 0 Å². The van der Waals surface area contributed by atoms with Crippen molar-refractivity contribution in [2.45, 2.75) is 57.6 Å². The van der Waals surface area contributed by atoms with Gasteiger partial charge in [0.05, 0.1) is 0 Å². The van der Waals surface area contributed by atoms with Crippen LogP contribution in [0.3, 0.4) is 0 Å². The van der Waals surface area contributed by atoms with E-state index < -0.39 is 15.9 Å². The lowest BCUT2D eigenvalue weighted by Gasteiger charge is -2.30. The van der Waals surface area contributed by atoms with Crippen LogP contribution in [0.25, 0.3) is 0 Å². The van der Waals surface area contributed by atoms with Crippen molar-refractivity contribution < 1.29 is 21.8 Å². The van der Waals surface area contributed by atoms with Crippen LogP contribution in [0.4, 0.5) is 9.18 Å². The van der Waals surface area contributed by atoms with Gasteiger partial charge in [-0.25, -0.2) is 9.18 Å². The molecule has 0 aliphatic heterocycles. The Kier molecular flexibility index (Phi) is 7.61. The zero-order valence-electron chi connectivity index (χ0n) is 17.1. The van der Waals surface area contributed by atoms with Crippen LogP contribution in [0.5, 0.6) is 5.75 Å². The van der Waals surface area contributed by atoms with Crippen molar-refractivity contribution in [3.05, 3.63) is 59.9 Å². The Balaban J connectivity index is 2.21. The fraction of sp³-hybridized carbons (Fsp3) is 0.381. The van der Waals surface area contributed by atoms with Gasteiger partial charge in [0.1, 0.15) is 16.5 Å². The quantitative estimate of drug-likeness (QED) is 0.643. The molecule has 2 aromatic carbocycles. The van der Waals surface area contributed by atoms with E-state index in [2.05, 4.69) is 5.32 Å². The van der Waals surface area contributed by atoms with Gasteiger partial charge < -0.3 is 14.4 Å². The number of halogens is 1. The summed E-state index contributed by atoms with van der Waals surface area (Å²) in [7, 11) is -4.09. The number of hydrogen-bond donors (Lipinski definition) is 1. The van der Waals surface area contributed by atoms with Crippen molar-refractivity contribution in [2.75, 3.05) is 0 Å². The summed E-state index contributed by atoms with van der Waals surface area (Å²) in [4.78, 5) is 14.1. The first-order chi connectivity index (χ1) is 13.6. The number of nitrogens with one attached hydrogen (secondary N) is 1. The van der Waals surface area contributed by atoms with Crippen molar-refractivity contribution in [1.82, 2.24) is 10.2 Å². The van der Waals surface area contributed by atoms with Crippen molar-refractivity contribution >= 4 is 16.1 Å². The average Bonchev–Trinajstić information content (AvgIpc) is 2.65.